The molecule has 0 unspecified atom stereocenters. The monoisotopic (exact) mass is 372 g/mol. The van der Waals surface area contributed by atoms with Crippen LogP contribution in [-0.2, 0) is 11.4 Å². The Morgan fingerprint density at radius 3 is 2.56 bits per heavy atom. The molecule has 0 aromatic heterocycles. The Morgan fingerprint density at radius 1 is 1.20 bits per heavy atom. The molecule has 1 heterocycles. The van der Waals surface area contributed by atoms with E-state index in [2.05, 4.69) is 5.32 Å². The summed E-state index contributed by atoms with van der Waals surface area (Å²) in [4.78, 5) is 22.5. The highest BCUT2D eigenvalue weighted by Crippen LogP contribution is 2.29. The zero-order valence-corrected chi connectivity index (χ0v) is 14.4. The molecule has 1 N–H and O–H groups in total. The number of rotatable bonds is 5. The van der Waals surface area contributed by atoms with Crippen molar-refractivity contribution >= 4 is 46.0 Å². The van der Waals surface area contributed by atoms with E-state index in [9.17, 15) is 14.9 Å². The molecule has 2 aromatic rings. The fraction of sp³-hybridized carbons (Fsp3) is 0.0588. The minimum absolute atomic E-state index is 0.0362. The Hall–Kier alpha value is -2.71. The van der Waals surface area contributed by atoms with Crippen molar-refractivity contribution in [3.8, 4) is 5.75 Å². The summed E-state index contributed by atoms with van der Waals surface area (Å²) in [6.07, 6.45) is 1.73. The third kappa shape index (κ3) is 4.23. The number of thiocarbonyl (C=S) groups is 1. The van der Waals surface area contributed by atoms with E-state index < -0.39 is 4.92 Å². The molecule has 126 valence electrons. The number of amides is 1. The van der Waals surface area contributed by atoms with Gasteiger partial charge in [0.15, 0.2) is 0 Å². The van der Waals surface area contributed by atoms with Crippen molar-refractivity contribution in [3.05, 3.63) is 74.7 Å². The number of nitro benzene ring substituents is 1. The smallest absolute Gasteiger partial charge is 0.269 e. The van der Waals surface area contributed by atoms with Gasteiger partial charge in [0.1, 0.15) is 16.7 Å². The summed E-state index contributed by atoms with van der Waals surface area (Å²) in [6, 6.07) is 13.5. The summed E-state index contributed by atoms with van der Waals surface area (Å²) in [7, 11) is 0. The summed E-state index contributed by atoms with van der Waals surface area (Å²) in [5.41, 5.74) is 1.60. The van der Waals surface area contributed by atoms with Crippen molar-refractivity contribution in [2.75, 3.05) is 0 Å². The molecule has 1 fully saturated rings. The van der Waals surface area contributed by atoms with Gasteiger partial charge in [-0.05, 0) is 29.8 Å². The molecule has 3 rings (SSSR count). The van der Waals surface area contributed by atoms with Gasteiger partial charge in [0.05, 0.1) is 9.83 Å². The van der Waals surface area contributed by atoms with Gasteiger partial charge in [-0.25, -0.2) is 0 Å². The van der Waals surface area contributed by atoms with Crippen molar-refractivity contribution in [1.82, 2.24) is 5.32 Å². The lowest BCUT2D eigenvalue weighted by Gasteiger charge is -2.09. The highest BCUT2D eigenvalue weighted by atomic mass is 32.2. The molecule has 1 amide bonds. The van der Waals surface area contributed by atoms with Crippen molar-refractivity contribution in [2.24, 2.45) is 0 Å². The SMILES string of the molecule is O=C1NC(=S)S/C1=C\c1ccccc1OCc1ccc([N+](=O)[O-])cc1. The van der Waals surface area contributed by atoms with Gasteiger partial charge in [0, 0.05) is 17.7 Å². The lowest BCUT2D eigenvalue weighted by Crippen LogP contribution is -2.17. The van der Waals surface area contributed by atoms with Crippen LogP contribution in [0.1, 0.15) is 11.1 Å². The highest BCUT2D eigenvalue weighted by molar-refractivity contribution is 8.26. The van der Waals surface area contributed by atoms with Crippen LogP contribution >= 0.6 is 24.0 Å². The quantitative estimate of drug-likeness (QED) is 0.373. The van der Waals surface area contributed by atoms with E-state index in [-0.39, 0.29) is 18.2 Å². The molecule has 0 saturated carbocycles. The number of non-ortho nitro benzene ring substituents is 1. The summed E-state index contributed by atoms with van der Waals surface area (Å²) < 4.78 is 6.24. The Morgan fingerprint density at radius 2 is 1.92 bits per heavy atom. The molecule has 0 spiro atoms. The molecular weight excluding hydrogens is 360 g/mol. The molecule has 1 saturated heterocycles. The summed E-state index contributed by atoms with van der Waals surface area (Å²) in [6.45, 7) is 0.260. The Labute approximate surface area is 153 Å². The van der Waals surface area contributed by atoms with Crippen LogP contribution in [0.5, 0.6) is 5.75 Å². The number of thioether (sulfide) groups is 1. The van der Waals surface area contributed by atoms with E-state index in [1.807, 2.05) is 18.2 Å². The van der Waals surface area contributed by atoms with Gasteiger partial charge in [0.2, 0.25) is 0 Å². The van der Waals surface area contributed by atoms with Gasteiger partial charge in [-0.15, -0.1) is 0 Å². The van der Waals surface area contributed by atoms with E-state index in [0.717, 1.165) is 11.1 Å². The maximum atomic E-state index is 11.8. The standard InChI is InChI=1S/C17H12N2O4S2/c20-16-15(25-17(24)18-16)9-12-3-1-2-4-14(12)23-10-11-5-7-13(8-6-11)19(21)22/h1-9H,10H2,(H,18,20,24)/b15-9-. The highest BCUT2D eigenvalue weighted by Gasteiger charge is 2.22. The Kier molecular flexibility index (Phi) is 5.11. The first-order valence-corrected chi connectivity index (χ1v) is 8.45. The molecule has 0 aliphatic carbocycles. The number of nitro groups is 1. The number of para-hydroxylation sites is 1. The number of carbonyl (C=O) groups excluding carboxylic acids is 1. The first-order chi connectivity index (χ1) is 12.0. The average Bonchev–Trinajstić information content (AvgIpc) is 2.91. The molecule has 2 aromatic carbocycles. The molecule has 8 heteroatoms. The maximum Gasteiger partial charge on any atom is 0.269 e. The number of carbonyl (C=O) groups is 1. The van der Waals surface area contributed by atoms with Gasteiger partial charge >= 0.3 is 0 Å². The van der Waals surface area contributed by atoms with E-state index in [4.69, 9.17) is 17.0 Å². The fourth-order valence-electron chi connectivity index (χ4n) is 2.17. The molecule has 6 nitrogen and oxygen atoms in total. The van der Waals surface area contributed by atoms with E-state index in [1.165, 1.54) is 23.9 Å². The second kappa shape index (κ2) is 7.45. The number of nitrogens with one attached hydrogen (secondary N) is 1. The van der Waals surface area contributed by atoms with E-state index >= 15 is 0 Å². The van der Waals surface area contributed by atoms with E-state index in [1.54, 1.807) is 24.3 Å². The predicted octanol–water partition coefficient (Wildman–Crippen LogP) is 3.66. The summed E-state index contributed by atoms with van der Waals surface area (Å²) >= 11 is 6.19. The number of hydrogen-bond donors (Lipinski definition) is 1. The Bertz CT molecular complexity index is 878. The minimum Gasteiger partial charge on any atom is -0.488 e. The van der Waals surface area contributed by atoms with Crippen LogP contribution in [0.3, 0.4) is 0 Å². The molecule has 0 atom stereocenters. The summed E-state index contributed by atoms with van der Waals surface area (Å²) in [5.74, 6) is 0.389. The minimum atomic E-state index is -0.444. The van der Waals surface area contributed by atoms with Crippen molar-refractivity contribution in [2.45, 2.75) is 6.61 Å². The van der Waals surface area contributed by atoms with Crippen LogP contribution in [0.4, 0.5) is 5.69 Å². The molecule has 0 radical (unpaired) electrons. The van der Waals surface area contributed by atoms with Crippen LogP contribution in [-0.4, -0.2) is 15.2 Å². The summed E-state index contributed by atoms with van der Waals surface area (Å²) in [5, 5.41) is 13.2. The van der Waals surface area contributed by atoms with Gasteiger partial charge in [-0.3, -0.25) is 14.9 Å². The maximum absolute atomic E-state index is 11.8. The van der Waals surface area contributed by atoms with Crippen LogP contribution in [0.2, 0.25) is 0 Å². The predicted molar refractivity (Wildman–Crippen MR) is 100 cm³/mol. The zero-order chi connectivity index (χ0) is 17.8. The van der Waals surface area contributed by atoms with Crippen LogP contribution in [0.15, 0.2) is 53.4 Å². The van der Waals surface area contributed by atoms with Crippen molar-refractivity contribution in [3.63, 3.8) is 0 Å². The average molecular weight is 372 g/mol. The number of ether oxygens (including phenoxy) is 1. The van der Waals surface area contributed by atoms with Crippen LogP contribution < -0.4 is 10.1 Å². The third-order valence-corrected chi connectivity index (χ3v) is 4.55. The van der Waals surface area contributed by atoms with Gasteiger partial charge in [-0.1, -0.05) is 42.2 Å². The van der Waals surface area contributed by atoms with Gasteiger partial charge in [0.25, 0.3) is 11.6 Å². The Balaban J connectivity index is 1.75. The van der Waals surface area contributed by atoms with E-state index in [0.29, 0.717) is 15.0 Å². The lowest BCUT2D eigenvalue weighted by molar-refractivity contribution is -0.384. The molecule has 1 aliphatic heterocycles. The number of nitrogens with zero attached hydrogens (tertiary/aromatic N) is 1. The van der Waals surface area contributed by atoms with Crippen molar-refractivity contribution < 1.29 is 14.5 Å². The first kappa shape index (κ1) is 17.1. The zero-order valence-electron chi connectivity index (χ0n) is 12.8. The van der Waals surface area contributed by atoms with Gasteiger partial charge < -0.3 is 10.1 Å². The first-order valence-electron chi connectivity index (χ1n) is 7.23. The molecule has 25 heavy (non-hydrogen) atoms. The van der Waals surface area contributed by atoms with Crippen LogP contribution in [0, 0.1) is 10.1 Å². The third-order valence-electron chi connectivity index (χ3n) is 3.39. The second-order valence-electron chi connectivity index (χ2n) is 5.10. The normalized spacial score (nSPS) is 15.3. The lowest BCUT2D eigenvalue weighted by atomic mass is 10.1. The second-order valence-corrected chi connectivity index (χ2v) is 6.82. The molecular formula is C17H12N2O4S2. The number of hydrogen-bond acceptors (Lipinski definition) is 6. The number of benzene rings is 2. The van der Waals surface area contributed by atoms with Gasteiger partial charge in [-0.2, -0.15) is 0 Å². The molecule has 0 bridgehead atoms. The fourth-order valence-corrected chi connectivity index (χ4v) is 3.20. The largest absolute Gasteiger partial charge is 0.488 e. The van der Waals surface area contributed by atoms with Crippen LogP contribution in [0.25, 0.3) is 6.08 Å². The van der Waals surface area contributed by atoms with Crippen molar-refractivity contribution in [1.29, 1.82) is 0 Å². The topological polar surface area (TPSA) is 81.5 Å². The molecule has 1 aliphatic rings.